The van der Waals surface area contributed by atoms with E-state index >= 15 is 0 Å². The smallest absolute Gasteiger partial charge is 0.221 e. The van der Waals surface area contributed by atoms with Gasteiger partial charge in [-0.1, -0.05) is 6.92 Å². The van der Waals surface area contributed by atoms with E-state index in [4.69, 9.17) is 4.74 Å². The predicted molar refractivity (Wildman–Crippen MR) is 70.9 cm³/mol. The van der Waals surface area contributed by atoms with Gasteiger partial charge in [0.25, 0.3) is 0 Å². The summed E-state index contributed by atoms with van der Waals surface area (Å²) in [4.78, 5) is 22.3. The van der Waals surface area contributed by atoms with Gasteiger partial charge < -0.3 is 10.1 Å². The molecule has 0 aromatic heterocycles. The SMILES string of the molecule is CCC(=O)CCc1cc(NC(C)=O)ccc1OC. The first kappa shape index (κ1) is 14.2. The highest BCUT2D eigenvalue weighted by molar-refractivity contribution is 5.88. The maximum atomic E-state index is 11.3. The van der Waals surface area contributed by atoms with Crippen LogP contribution in [0.5, 0.6) is 5.75 Å². The maximum absolute atomic E-state index is 11.3. The first-order chi connectivity index (χ1) is 8.56. The average molecular weight is 249 g/mol. The van der Waals surface area contributed by atoms with Crippen LogP contribution < -0.4 is 10.1 Å². The van der Waals surface area contributed by atoms with Gasteiger partial charge in [-0.2, -0.15) is 0 Å². The fourth-order valence-corrected chi connectivity index (χ4v) is 1.71. The molecule has 1 N–H and O–H groups in total. The minimum atomic E-state index is -0.115. The van der Waals surface area contributed by atoms with E-state index in [1.807, 2.05) is 13.0 Å². The highest BCUT2D eigenvalue weighted by Gasteiger charge is 2.07. The molecule has 0 aliphatic heterocycles. The molecule has 0 heterocycles. The number of Topliss-reactive ketones (excluding diaryl/α,β-unsaturated/α-hetero) is 1. The van der Waals surface area contributed by atoms with E-state index in [1.54, 1.807) is 19.2 Å². The first-order valence-electron chi connectivity index (χ1n) is 6.03. The number of rotatable bonds is 6. The lowest BCUT2D eigenvalue weighted by Crippen LogP contribution is -2.07. The quantitative estimate of drug-likeness (QED) is 0.843. The molecule has 1 aromatic rings. The summed E-state index contributed by atoms with van der Waals surface area (Å²) < 4.78 is 5.25. The van der Waals surface area contributed by atoms with Crippen LogP contribution in [0.4, 0.5) is 5.69 Å². The van der Waals surface area contributed by atoms with E-state index in [0.29, 0.717) is 19.3 Å². The number of anilines is 1. The number of methoxy groups -OCH3 is 1. The van der Waals surface area contributed by atoms with Crippen molar-refractivity contribution >= 4 is 17.4 Å². The molecule has 0 saturated carbocycles. The third-order valence-electron chi connectivity index (χ3n) is 2.67. The fourth-order valence-electron chi connectivity index (χ4n) is 1.71. The number of benzene rings is 1. The molecule has 1 aromatic carbocycles. The Morgan fingerprint density at radius 1 is 1.33 bits per heavy atom. The normalized spacial score (nSPS) is 9.94. The van der Waals surface area contributed by atoms with Crippen LogP contribution in [0, 0.1) is 0 Å². The van der Waals surface area contributed by atoms with Gasteiger partial charge in [0.15, 0.2) is 0 Å². The third-order valence-corrected chi connectivity index (χ3v) is 2.67. The highest BCUT2D eigenvalue weighted by atomic mass is 16.5. The lowest BCUT2D eigenvalue weighted by molar-refractivity contribution is -0.118. The summed E-state index contributed by atoms with van der Waals surface area (Å²) >= 11 is 0. The van der Waals surface area contributed by atoms with Crippen LogP contribution >= 0.6 is 0 Å². The lowest BCUT2D eigenvalue weighted by Gasteiger charge is -2.10. The molecule has 1 amide bonds. The molecule has 4 heteroatoms. The van der Waals surface area contributed by atoms with E-state index in [1.165, 1.54) is 6.92 Å². The van der Waals surface area contributed by atoms with Gasteiger partial charge in [0.05, 0.1) is 7.11 Å². The summed E-state index contributed by atoms with van der Waals surface area (Å²) in [5, 5.41) is 2.72. The number of ketones is 1. The van der Waals surface area contributed by atoms with Crippen LogP contribution in [-0.2, 0) is 16.0 Å². The summed E-state index contributed by atoms with van der Waals surface area (Å²) in [6, 6.07) is 5.44. The summed E-state index contributed by atoms with van der Waals surface area (Å²) in [5.41, 5.74) is 1.66. The first-order valence-corrected chi connectivity index (χ1v) is 6.03. The zero-order valence-corrected chi connectivity index (χ0v) is 11.1. The van der Waals surface area contributed by atoms with E-state index < -0.39 is 0 Å². The molecular weight excluding hydrogens is 230 g/mol. The number of amides is 1. The standard InChI is InChI=1S/C14H19NO3/c1-4-13(17)7-5-11-9-12(15-10(2)16)6-8-14(11)18-3/h6,8-9H,4-5,7H2,1-3H3,(H,15,16). The van der Waals surface area contributed by atoms with Gasteiger partial charge in [0.1, 0.15) is 11.5 Å². The molecule has 0 unspecified atom stereocenters. The van der Waals surface area contributed by atoms with Crippen molar-refractivity contribution in [3.63, 3.8) is 0 Å². The Bertz CT molecular complexity index is 441. The lowest BCUT2D eigenvalue weighted by atomic mass is 10.0. The minimum Gasteiger partial charge on any atom is -0.496 e. The number of carbonyl (C=O) groups is 2. The largest absolute Gasteiger partial charge is 0.496 e. The molecule has 98 valence electrons. The highest BCUT2D eigenvalue weighted by Crippen LogP contribution is 2.24. The van der Waals surface area contributed by atoms with Gasteiger partial charge in [0, 0.05) is 25.5 Å². The van der Waals surface area contributed by atoms with E-state index in [0.717, 1.165) is 17.0 Å². The third kappa shape index (κ3) is 4.20. The summed E-state index contributed by atoms with van der Waals surface area (Å²) in [7, 11) is 1.60. The van der Waals surface area contributed by atoms with Crippen molar-refractivity contribution in [3.05, 3.63) is 23.8 Å². The zero-order chi connectivity index (χ0) is 13.5. The second kappa shape index (κ2) is 6.79. The average Bonchev–Trinajstić information content (AvgIpc) is 2.35. The molecule has 0 radical (unpaired) electrons. The van der Waals surface area contributed by atoms with Crippen molar-refractivity contribution in [2.45, 2.75) is 33.1 Å². The topological polar surface area (TPSA) is 55.4 Å². The molecule has 1 rings (SSSR count). The number of hydrogen-bond acceptors (Lipinski definition) is 3. The van der Waals surface area contributed by atoms with E-state index in [2.05, 4.69) is 5.32 Å². The van der Waals surface area contributed by atoms with E-state index in [9.17, 15) is 9.59 Å². The number of carbonyl (C=O) groups excluding carboxylic acids is 2. The van der Waals surface area contributed by atoms with Gasteiger partial charge in [-0.3, -0.25) is 9.59 Å². The van der Waals surface area contributed by atoms with Crippen molar-refractivity contribution in [1.82, 2.24) is 0 Å². The second-order valence-electron chi connectivity index (χ2n) is 4.10. The number of nitrogens with one attached hydrogen (secondary N) is 1. The monoisotopic (exact) mass is 249 g/mol. The molecule has 0 fully saturated rings. The van der Waals surface area contributed by atoms with Crippen molar-refractivity contribution in [2.75, 3.05) is 12.4 Å². The second-order valence-corrected chi connectivity index (χ2v) is 4.10. The Morgan fingerprint density at radius 2 is 2.06 bits per heavy atom. The molecule has 0 aliphatic rings. The zero-order valence-electron chi connectivity index (χ0n) is 11.1. The molecule has 18 heavy (non-hydrogen) atoms. The number of aryl methyl sites for hydroxylation is 1. The Morgan fingerprint density at radius 3 is 2.61 bits per heavy atom. The van der Waals surface area contributed by atoms with E-state index in [-0.39, 0.29) is 11.7 Å². The van der Waals surface area contributed by atoms with Crippen LogP contribution in [0.1, 0.15) is 32.3 Å². The van der Waals surface area contributed by atoms with Crippen molar-refractivity contribution in [3.8, 4) is 5.75 Å². The number of hydrogen-bond donors (Lipinski definition) is 1. The molecule has 0 atom stereocenters. The summed E-state index contributed by atoms with van der Waals surface area (Å²) in [5.74, 6) is 0.853. The van der Waals surface area contributed by atoms with Crippen LogP contribution in [0.3, 0.4) is 0 Å². The Labute approximate surface area is 107 Å². The molecule has 0 bridgehead atoms. The predicted octanol–water partition coefficient (Wildman–Crippen LogP) is 2.57. The Kier molecular flexibility index (Phi) is 5.36. The molecule has 0 saturated heterocycles. The molecular formula is C14H19NO3. The van der Waals surface area contributed by atoms with Gasteiger partial charge in [0.2, 0.25) is 5.91 Å². The van der Waals surface area contributed by atoms with Gasteiger partial charge in [-0.15, -0.1) is 0 Å². The molecule has 0 spiro atoms. The Hall–Kier alpha value is -1.84. The van der Waals surface area contributed by atoms with Crippen LogP contribution in [0.2, 0.25) is 0 Å². The van der Waals surface area contributed by atoms with Crippen molar-refractivity contribution in [2.24, 2.45) is 0 Å². The van der Waals surface area contributed by atoms with Gasteiger partial charge in [-0.05, 0) is 30.2 Å². The Balaban J connectivity index is 2.84. The maximum Gasteiger partial charge on any atom is 0.221 e. The minimum absolute atomic E-state index is 0.115. The van der Waals surface area contributed by atoms with Crippen LogP contribution in [-0.4, -0.2) is 18.8 Å². The van der Waals surface area contributed by atoms with Crippen LogP contribution in [0.25, 0.3) is 0 Å². The van der Waals surface area contributed by atoms with Crippen LogP contribution in [0.15, 0.2) is 18.2 Å². The van der Waals surface area contributed by atoms with Crippen molar-refractivity contribution < 1.29 is 14.3 Å². The summed E-state index contributed by atoms with van der Waals surface area (Å²) in [6.45, 7) is 3.32. The van der Waals surface area contributed by atoms with Gasteiger partial charge in [-0.25, -0.2) is 0 Å². The number of ether oxygens (including phenoxy) is 1. The fraction of sp³-hybridized carbons (Fsp3) is 0.429. The van der Waals surface area contributed by atoms with Crippen molar-refractivity contribution in [1.29, 1.82) is 0 Å². The summed E-state index contributed by atoms with van der Waals surface area (Å²) in [6.07, 6.45) is 1.67. The molecule has 4 nitrogen and oxygen atoms in total. The molecule has 0 aliphatic carbocycles. The van der Waals surface area contributed by atoms with Gasteiger partial charge >= 0.3 is 0 Å².